The molecule has 0 atom stereocenters. The fourth-order valence-corrected chi connectivity index (χ4v) is 3.53. The zero-order valence-electron chi connectivity index (χ0n) is 17.4. The number of rotatable bonds is 7. The van der Waals surface area contributed by atoms with Gasteiger partial charge in [-0.25, -0.2) is 19.2 Å². The van der Waals surface area contributed by atoms with Gasteiger partial charge in [0.2, 0.25) is 0 Å². The second kappa shape index (κ2) is 9.88. The predicted molar refractivity (Wildman–Crippen MR) is 124 cm³/mol. The molecule has 0 aliphatic rings. The Labute approximate surface area is 188 Å². The van der Waals surface area contributed by atoms with Gasteiger partial charge in [-0.05, 0) is 23.6 Å². The molecule has 1 amide bonds. The number of aromatic nitrogens is 2. The normalized spacial score (nSPS) is 11.2. The van der Waals surface area contributed by atoms with E-state index in [2.05, 4.69) is 20.0 Å². The molecule has 0 saturated heterocycles. The molecule has 3 rings (SSSR count). The minimum Gasteiger partial charge on any atom is -0.452 e. The molecule has 0 radical (unpaired) electrons. The van der Waals surface area contributed by atoms with Gasteiger partial charge >= 0.3 is 6.09 Å². The number of thiophene rings is 1. The quantitative estimate of drug-likeness (QED) is 0.400. The van der Waals surface area contributed by atoms with Crippen LogP contribution in [-0.2, 0) is 11.3 Å². The third kappa shape index (κ3) is 5.01. The summed E-state index contributed by atoms with van der Waals surface area (Å²) in [5.74, 6) is -0.499. The number of anilines is 3. The van der Waals surface area contributed by atoms with Gasteiger partial charge in [0.15, 0.2) is 17.5 Å². The van der Waals surface area contributed by atoms with Crippen LogP contribution in [0.4, 0.5) is 26.5 Å². The lowest BCUT2D eigenvalue weighted by atomic mass is 10.1. The molecule has 2 heterocycles. The number of allylic oxidation sites excluding steroid dienone is 1. The van der Waals surface area contributed by atoms with E-state index in [4.69, 9.17) is 16.9 Å². The van der Waals surface area contributed by atoms with Gasteiger partial charge < -0.3 is 21.5 Å². The van der Waals surface area contributed by atoms with Crippen molar-refractivity contribution in [3.8, 4) is 0 Å². The van der Waals surface area contributed by atoms with Crippen LogP contribution in [0.15, 0.2) is 47.2 Å². The van der Waals surface area contributed by atoms with E-state index in [-0.39, 0.29) is 41.2 Å². The number of hydrogen-bond donors (Lipinski definition) is 4. The van der Waals surface area contributed by atoms with E-state index in [1.807, 2.05) is 16.8 Å². The number of nitrogens with one attached hydrogen (secondary N) is 2. The van der Waals surface area contributed by atoms with Crippen molar-refractivity contribution in [3.05, 3.63) is 69.9 Å². The van der Waals surface area contributed by atoms with Gasteiger partial charge in [-0.3, -0.25) is 10.3 Å². The molecule has 0 saturated carbocycles. The molecule has 11 heteroatoms. The summed E-state index contributed by atoms with van der Waals surface area (Å²) in [6.45, 7) is 0.218. The lowest BCUT2D eigenvalue weighted by molar-refractivity contribution is 0.180. The molecule has 3 aromatic rings. The van der Waals surface area contributed by atoms with Crippen molar-refractivity contribution < 1.29 is 13.9 Å². The summed E-state index contributed by atoms with van der Waals surface area (Å²) in [6, 6.07) is 8.31. The minimum absolute atomic E-state index is 0.0255. The number of ether oxygens (including phenoxy) is 1. The zero-order chi connectivity index (χ0) is 23.3. The van der Waals surface area contributed by atoms with Gasteiger partial charge in [0.05, 0.1) is 7.11 Å². The Morgan fingerprint density at radius 1 is 1.28 bits per heavy atom. The average Bonchev–Trinajstić information content (AvgIpc) is 3.31. The van der Waals surface area contributed by atoms with Gasteiger partial charge in [-0.15, -0.1) is 0 Å². The third-order valence-electron chi connectivity index (χ3n) is 4.51. The number of nitrogens with two attached hydrogens (primary N) is 2. The van der Waals surface area contributed by atoms with Crippen LogP contribution in [0, 0.1) is 11.2 Å². The molecule has 32 heavy (non-hydrogen) atoms. The van der Waals surface area contributed by atoms with Crippen molar-refractivity contribution in [3.63, 3.8) is 0 Å². The number of nitrogen functional groups attached to an aromatic ring is 2. The van der Waals surface area contributed by atoms with E-state index < -0.39 is 6.09 Å². The number of benzene rings is 1. The fourth-order valence-electron chi connectivity index (χ4n) is 2.88. The summed E-state index contributed by atoms with van der Waals surface area (Å²) in [5, 5.41) is 15.4. The van der Waals surface area contributed by atoms with Crippen LogP contribution in [0.3, 0.4) is 0 Å². The molecule has 0 unspecified atom stereocenters. The van der Waals surface area contributed by atoms with Gasteiger partial charge in [-0.1, -0.05) is 18.2 Å². The maximum absolute atomic E-state index is 14.0. The van der Waals surface area contributed by atoms with E-state index in [0.29, 0.717) is 11.3 Å². The van der Waals surface area contributed by atoms with Gasteiger partial charge in [0.25, 0.3) is 0 Å². The molecule has 0 spiro atoms. The molecule has 0 fully saturated rings. The van der Waals surface area contributed by atoms with Crippen molar-refractivity contribution >= 4 is 46.2 Å². The average molecular weight is 456 g/mol. The smallest absolute Gasteiger partial charge is 0.413 e. The highest BCUT2D eigenvalue weighted by molar-refractivity contribution is 7.08. The fraction of sp³-hybridized carbons (Fsp3) is 0.143. The number of nitrogens with zero attached hydrogens (tertiary/aromatic N) is 3. The summed E-state index contributed by atoms with van der Waals surface area (Å²) in [7, 11) is 2.64. The van der Waals surface area contributed by atoms with E-state index in [1.165, 1.54) is 37.6 Å². The van der Waals surface area contributed by atoms with Crippen LogP contribution in [0.1, 0.15) is 17.0 Å². The second-order valence-corrected chi connectivity index (χ2v) is 7.40. The number of carbonyl (C=O) groups is 1. The Bertz CT molecular complexity index is 1140. The number of amides is 1. The third-order valence-corrected chi connectivity index (χ3v) is 5.19. The van der Waals surface area contributed by atoms with E-state index in [0.717, 1.165) is 10.5 Å². The first-order valence-electron chi connectivity index (χ1n) is 9.37. The first-order valence-corrected chi connectivity index (χ1v) is 10.3. The monoisotopic (exact) mass is 455 g/mol. The molecule has 1 aromatic carbocycles. The Morgan fingerprint density at radius 3 is 2.56 bits per heavy atom. The van der Waals surface area contributed by atoms with Crippen LogP contribution in [0.25, 0.3) is 5.70 Å². The first kappa shape index (κ1) is 22.7. The van der Waals surface area contributed by atoms with E-state index in [1.54, 1.807) is 18.2 Å². The molecule has 166 valence electrons. The highest BCUT2D eigenvalue weighted by atomic mass is 32.1. The maximum atomic E-state index is 14.0. The van der Waals surface area contributed by atoms with Crippen LogP contribution >= 0.6 is 11.3 Å². The Hall–Kier alpha value is -3.99. The lowest BCUT2D eigenvalue weighted by Gasteiger charge is -2.19. The van der Waals surface area contributed by atoms with Crippen molar-refractivity contribution in [2.45, 2.75) is 6.54 Å². The van der Waals surface area contributed by atoms with Crippen molar-refractivity contribution in [1.82, 2.24) is 15.3 Å². The molecule has 6 N–H and O–H groups in total. The molecule has 0 aliphatic heterocycles. The van der Waals surface area contributed by atoms with Crippen LogP contribution in [-0.4, -0.2) is 35.9 Å². The first-order chi connectivity index (χ1) is 15.3. The highest BCUT2D eigenvalue weighted by Gasteiger charge is 2.21. The van der Waals surface area contributed by atoms with Crippen LogP contribution in [0.2, 0.25) is 0 Å². The Balaban J connectivity index is 1.90. The van der Waals surface area contributed by atoms with E-state index >= 15 is 0 Å². The second-order valence-electron chi connectivity index (χ2n) is 6.62. The molecule has 0 aliphatic carbocycles. The highest BCUT2D eigenvalue weighted by Crippen LogP contribution is 2.27. The maximum Gasteiger partial charge on any atom is 0.413 e. The van der Waals surface area contributed by atoms with Crippen molar-refractivity contribution in [2.24, 2.45) is 0 Å². The summed E-state index contributed by atoms with van der Waals surface area (Å²) >= 11 is 1.48. The number of methoxy groups -OCH3 is 1. The minimum atomic E-state index is -0.688. The van der Waals surface area contributed by atoms with Crippen LogP contribution in [0.5, 0.6) is 0 Å². The molecule has 0 bridgehead atoms. The number of carbonyl (C=O) groups excluding carboxylic acids is 1. The molecule has 9 nitrogen and oxygen atoms in total. The lowest BCUT2D eigenvalue weighted by Crippen LogP contribution is -2.29. The number of halogens is 1. The SMILES string of the molecule is COC(=O)N(C)c1c(N)nc(C(=N)/C=C(\NCc2ccccc2F)c2ccsc2)nc1N. The summed E-state index contributed by atoms with van der Waals surface area (Å²) in [6.07, 6.45) is 0.827. The van der Waals surface area contributed by atoms with Crippen molar-refractivity contribution in [1.29, 1.82) is 5.41 Å². The Kier molecular flexibility index (Phi) is 7.00. The molecular formula is C21H22FN7O2S. The van der Waals surface area contributed by atoms with Crippen LogP contribution < -0.4 is 21.7 Å². The van der Waals surface area contributed by atoms with Crippen molar-refractivity contribution in [2.75, 3.05) is 30.5 Å². The molecular weight excluding hydrogens is 433 g/mol. The standard InChI is InChI=1S/C21H22FN7O2S/c1-29(21(30)31-2)17-18(24)27-20(28-19(17)25)15(23)9-16(13-7-8-32-11-13)26-10-12-5-3-4-6-14(12)22/h3-9,11,23,26H,10H2,1-2H3,(H4,24,25,27,28)/b16-9-,23-15?. The topological polar surface area (TPSA) is 143 Å². The molecule has 2 aromatic heterocycles. The summed E-state index contributed by atoms with van der Waals surface area (Å²) < 4.78 is 18.7. The summed E-state index contributed by atoms with van der Waals surface area (Å²) in [5.41, 5.74) is 13.9. The largest absolute Gasteiger partial charge is 0.452 e. The van der Waals surface area contributed by atoms with E-state index in [9.17, 15) is 9.18 Å². The van der Waals surface area contributed by atoms with Gasteiger partial charge in [0, 0.05) is 35.8 Å². The zero-order valence-corrected chi connectivity index (χ0v) is 18.2. The predicted octanol–water partition coefficient (Wildman–Crippen LogP) is 3.24. The van der Waals surface area contributed by atoms with Gasteiger partial charge in [-0.2, -0.15) is 11.3 Å². The Morgan fingerprint density at radius 2 is 1.97 bits per heavy atom. The summed E-state index contributed by atoms with van der Waals surface area (Å²) in [4.78, 5) is 21.1. The van der Waals surface area contributed by atoms with Gasteiger partial charge in [0.1, 0.15) is 17.2 Å². The number of hydrogen-bond acceptors (Lipinski definition) is 9.